The van der Waals surface area contributed by atoms with E-state index in [9.17, 15) is 9.90 Å². The van der Waals surface area contributed by atoms with Crippen LogP contribution in [0.4, 0.5) is 0 Å². The highest BCUT2D eigenvalue weighted by Gasteiger charge is 2.48. The van der Waals surface area contributed by atoms with Crippen LogP contribution in [0.1, 0.15) is 36.5 Å². The van der Waals surface area contributed by atoms with Crippen LogP contribution in [-0.2, 0) is 21.7 Å². The molecule has 3 aromatic rings. The molecule has 2 aliphatic heterocycles. The Balaban J connectivity index is 1.63. The van der Waals surface area contributed by atoms with Gasteiger partial charge in [0.2, 0.25) is 12.5 Å². The molecule has 2 aliphatic rings. The second kappa shape index (κ2) is 11.4. The highest BCUT2D eigenvalue weighted by atomic mass is 16.7. The summed E-state index contributed by atoms with van der Waals surface area (Å²) in [5, 5.41) is 12.0. The van der Waals surface area contributed by atoms with Crippen molar-refractivity contribution in [3.05, 3.63) is 76.9 Å². The summed E-state index contributed by atoms with van der Waals surface area (Å²) in [6.45, 7) is 2.69. The van der Waals surface area contributed by atoms with Crippen molar-refractivity contribution in [1.82, 2.24) is 0 Å². The van der Waals surface area contributed by atoms with E-state index < -0.39 is 11.8 Å². The molecule has 0 spiro atoms. The van der Waals surface area contributed by atoms with Crippen LogP contribution in [0, 0.1) is 0 Å². The van der Waals surface area contributed by atoms with Crippen molar-refractivity contribution < 1.29 is 43.1 Å². The Kier molecular flexibility index (Phi) is 7.75. The van der Waals surface area contributed by atoms with Gasteiger partial charge in [-0.3, -0.25) is 0 Å². The maximum absolute atomic E-state index is 13.4. The monoisotopic (exact) mass is 548 g/mol. The number of ether oxygens (including phenoxy) is 7. The molecule has 210 valence electrons. The summed E-state index contributed by atoms with van der Waals surface area (Å²) in [4.78, 5) is 13.4. The van der Waals surface area contributed by atoms with Crippen LogP contribution in [0.25, 0.3) is 5.57 Å². The van der Waals surface area contributed by atoms with Gasteiger partial charge in [-0.15, -0.1) is 0 Å². The van der Waals surface area contributed by atoms with Crippen molar-refractivity contribution in [2.75, 3.05) is 34.7 Å². The molecule has 0 fully saturated rings. The topological polar surface area (TPSA) is 102 Å². The Morgan fingerprint density at radius 1 is 0.900 bits per heavy atom. The lowest BCUT2D eigenvalue weighted by Gasteiger charge is -2.26. The summed E-state index contributed by atoms with van der Waals surface area (Å²) >= 11 is 0. The fraction of sp³-hybridized carbons (Fsp3) is 0.323. The summed E-state index contributed by atoms with van der Waals surface area (Å²) in [5.41, 5.74) is 2.22. The van der Waals surface area contributed by atoms with Gasteiger partial charge in [-0.25, -0.2) is 4.79 Å². The number of methoxy groups -OCH3 is 3. The predicted molar refractivity (Wildman–Crippen MR) is 146 cm³/mol. The number of carbonyl (C=O) groups is 1. The van der Waals surface area contributed by atoms with E-state index in [0.29, 0.717) is 57.8 Å². The van der Waals surface area contributed by atoms with Gasteiger partial charge in [-0.2, -0.15) is 0 Å². The van der Waals surface area contributed by atoms with Gasteiger partial charge in [0.15, 0.2) is 23.0 Å². The molecule has 0 saturated carbocycles. The zero-order valence-corrected chi connectivity index (χ0v) is 22.9. The molecule has 3 aromatic carbocycles. The van der Waals surface area contributed by atoms with Crippen LogP contribution in [0.5, 0.6) is 34.5 Å². The van der Waals surface area contributed by atoms with E-state index in [0.717, 1.165) is 18.4 Å². The number of aliphatic hydroxyl groups is 1. The van der Waals surface area contributed by atoms with E-state index in [1.807, 2.05) is 12.1 Å². The van der Waals surface area contributed by atoms with Crippen molar-refractivity contribution in [3.8, 4) is 34.5 Å². The van der Waals surface area contributed by atoms with E-state index in [4.69, 9.17) is 33.2 Å². The molecule has 5 rings (SSSR count). The molecular formula is C31H32O9. The molecular weight excluding hydrogens is 516 g/mol. The molecule has 40 heavy (non-hydrogen) atoms. The van der Waals surface area contributed by atoms with Gasteiger partial charge < -0.3 is 38.3 Å². The van der Waals surface area contributed by atoms with Gasteiger partial charge in [-0.05, 0) is 66.1 Å². The van der Waals surface area contributed by atoms with Crippen LogP contribution in [0.2, 0.25) is 0 Å². The number of rotatable bonds is 11. The molecule has 1 atom stereocenters. The summed E-state index contributed by atoms with van der Waals surface area (Å²) in [6.07, 6.45) is 2.01. The maximum Gasteiger partial charge on any atom is 0.342 e. The molecule has 9 nitrogen and oxygen atoms in total. The van der Waals surface area contributed by atoms with Crippen LogP contribution in [0.3, 0.4) is 0 Å². The second-order valence-corrected chi connectivity index (χ2v) is 9.39. The third-order valence-electron chi connectivity index (χ3n) is 6.94. The number of esters is 1. The third kappa shape index (κ3) is 5.00. The molecule has 1 N–H and O–H groups in total. The Bertz CT molecular complexity index is 1400. The molecule has 0 saturated heterocycles. The smallest absolute Gasteiger partial charge is 0.342 e. The highest BCUT2D eigenvalue weighted by molar-refractivity contribution is 6.20. The molecule has 0 aromatic heterocycles. The van der Waals surface area contributed by atoms with Crippen LogP contribution in [-0.4, -0.2) is 45.8 Å². The minimum Gasteiger partial charge on any atom is -0.497 e. The van der Waals surface area contributed by atoms with Gasteiger partial charge in [0.25, 0.3) is 5.79 Å². The van der Waals surface area contributed by atoms with Gasteiger partial charge in [-0.1, -0.05) is 19.4 Å². The molecule has 0 aliphatic carbocycles. The lowest BCUT2D eigenvalue weighted by atomic mass is 9.88. The first-order valence-electron chi connectivity index (χ1n) is 13.0. The standard InChI is InChI=1S/C31H32O9/c1-5-6-13-37-29-26(35-3)15-19(16-27(29)36-4)14-23-28(20-7-12-24-25(17-20)39-18-38-24)30(32)40-31(23,33)21-8-10-22(34-2)11-9-21/h7-12,15-17,33H,5-6,13-14,18H2,1-4H3. The Hall–Kier alpha value is -4.37. The predicted octanol–water partition coefficient (Wildman–Crippen LogP) is 5.02. The number of hydrogen-bond donors (Lipinski definition) is 1. The third-order valence-corrected chi connectivity index (χ3v) is 6.94. The highest BCUT2D eigenvalue weighted by Crippen LogP contribution is 2.48. The van der Waals surface area contributed by atoms with Gasteiger partial charge in [0.05, 0.1) is 33.5 Å². The minimum absolute atomic E-state index is 0.0944. The lowest BCUT2D eigenvalue weighted by molar-refractivity contribution is -0.185. The first kappa shape index (κ1) is 27.2. The van der Waals surface area contributed by atoms with Gasteiger partial charge >= 0.3 is 5.97 Å². The van der Waals surface area contributed by atoms with Crippen LogP contribution < -0.4 is 28.4 Å². The zero-order valence-electron chi connectivity index (χ0n) is 22.9. The molecule has 1 unspecified atom stereocenters. The van der Waals surface area contributed by atoms with E-state index in [1.54, 1.807) is 63.8 Å². The van der Waals surface area contributed by atoms with Gasteiger partial charge in [0, 0.05) is 17.6 Å². The second-order valence-electron chi connectivity index (χ2n) is 9.39. The fourth-order valence-corrected chi connectivity index (χ4v) is 4.84. The van der Waals surface area contributed by atoms with E-state index in [2.05, 4.69) is 6.92 Å². The fourth-order valence-electron chi connectivity index (χ4n) is 4.84. The van der Waals surface area contributed by atoms with Crippen molar-refractivity contribution in [2.45, 2.75) is 32.0 Å². The molecule has 9 heteroatoms. The number of benzene rings is 3. The van der Waals surface area contributed by atoms with Crippen LogP contribution >= 0.6 is 0 Å². The Morgan fingerprint density at radius 3 is 2.25 bits per heavy atom. The Morgan fingerprint density at radius 2 is 1.60 bits per heavy atom. The average molecular weight is 549 g/mol. The van der Waals surface area contributed by atoms with Crippen molar-refractivity contribution >= 4 is 11.5 Å². The minimum atomic E-state index is -2.04. The summed E-state index contributed by atoms with van der Waals surface area (Å²) in [7, 11) is 4.66. The first-order valence-corrected chi connectivity index (χ1v) is 13.0. The van der Waals surface area contributed by atoms with E-state index >= 15 is 0 Å². The van der Waals surface area contributed by atoms with E-state index in [1.165, 1.54) is 0 Å². The quantitative estimate of drug-likeness (QED) is 0.261. The number of carbonyl (C=O) groups excluding carboxylic acids is 1. The summed E-state index contributed by atoms with van der Waals surface area (Å²) in [6, 6.07) is 15.5. The zero-order chi connectivity index (χ0) is 28.3. The Labute approximate surface area is 232 Å². The van der Waals surface area contributed by atoms with Crippen molar-refractivity contribution in [3.63, 3.8) is 0 Å². The van der Waals surface area contributed by atoms with Crippen molar-refractivity contribution in [1.29, 1.82) is 0 Å². The number of cyclic esters (lactones) is 1. The summed E-state index contributed by atoms with van der Waals surface area (Å²) in [5.74, 6) is 0.451. The normalized spacial score (nSPS) is 17.6. The first-order chi connectivity index (χ1) is 19.4. The number of fused-ring (bicyclic) bond motifs is 1. The lowest BCUT2D eigenvalue weighted by Crippen LogP contribution is -2.29. The maximum atomic E-state index is 13.4. The molecule has 0 amide bonds. The molecule has 2 heterocycles. The van der Waals surface area contributed by atoms with Gasteiger partial charge in [0.1, 0.15) is 5.75 Å². The number of hydrogen-bond acceptors (Lipinski definition) is 9. The molecule has 0 bridgehead atoms. The van der Waals surface area contributed by atoms with Crippen LogP contribution in [0.15, 0.2) is 60.2 Å². The van der Waals surface area contributed by atoms with Crippen molar-refractivity contribution in [2.24, 2.45) is 0 Å². The SMILES string of the molecule is CCCCOc1c(OC)cc(CC2=C(c3ccc4c(c3)OCO4)C(=O)OC2(O)c2ccc(OC)cc2)cc1OC. The summed E-state index contributed by atoms with van der Waals surface area (Å²) < 4.78 is 39.2. The van der Waals surface area contributed by atoms with E-state index in [-0.39, 0.29) is 18.8 Å². The average Bonchev–Trinajstić information content (AvgIpc) is 3.54. The number of unbranched alkanes of at least 4 members (excludes halogenated alkanes) is 1. The largest absolute Gasteiger partial charge is 0.497 e. The molecule has 0 radical (unpaired) electrons.